The van der Waals surface area contributed by atoms with Crippen molar-refractivity contribution in [2.75, 3.05) is 33.1 Å². The fourth-order valence-electron chi connectivity index (χ4n) is 1.94. The number of nitrogens with zero attached hydrogens (tertiary/aromatic N) is 1. The quantitative estimate of drug-likeness (QED) is 0.723. The molecule has 0 aliphatic carbocycles. The van der Waals surface area contributed by atoms with E-state index < -0.39 is 0 Å². The van der Waals surface area contributed by atoms with Gasteiger partial charge in [-0.25, -0.2) is 0 Å². The van der Waals surface area contributed by atoms with Crippen LogP contribution in [0.3, 0.4) is 0 Å². The Morgan fingerprint density at radius 1 is 1.22 bits per heavy atom. The molecule has 0 saturated heterocycles. The first-order valence-corrected chi connectivity index (χ1v) is 8.84. The summed E-state index contributed by atoms with van der Waals surface area (Å²) in [5.41, 5.74) is 0.951. The van der Waals surface area contributed by atoms with E-state index in [1.165, 1.54) is 11.8 Å². The minimum atomic E-state index is -0.0423. The summed E-state index contributed by atoms with van der Waals surface area (Å²) in [4.78, 5) is 14.0. The molecule has 5 nitrogen and oxygen atoms in total. The minimum absolute atomic E-state index is 0.0423. The highest BCUT2D eigenvalue weighted by Gasteiger charge is 2.10. The standard InChI is InChI=1S/C16H24N2O3S2/c1-5-18(6-2)16(22)23-11-15(19)17-10-12-7-8-13(20-3)14(9-12)21-4/h7-9H,5-6,10-11H2,1-4H3,(H,17,19). The average molecular weight is 357 g/mol. The minimum Gasteiger partial charge on any atom is -0.493 e. The second-order valence-electron chi connectivity index (χ2n) is 4.69. The normalized spacial score (nSPS) is 10.1. The second-order valence-corrected chi connectivity index (χ2v) is 6.30. The maximum atomic E-state index is 11.9. The van der Waals surface area contributed by atoms with Gasteiger partial charge in [0, 0.05) is 19.6 Å². The van der Waals surface area contributed by atoms with E-state index in [-0.39, 0.29) is 5.91 Å². The molecule has 0 unspecified atom stereocenters. The van der Waals surface area contributed by atoms with Crippen molar-refractivity contribution in [2.24, 2.45) is 0 Å². The third-order valence-electron chi connectivity index (χ3n) is 3.29. The molecule has 23 heavy (non-hydrogen) atoms. The van der Waals surface area contributed by atoms with Gasteiger partial charge in [-0.15, -0.1) is 0 Å². The fourth-order valence-corrected chi connectivity index (χ4v) is 3.18. The van der Waals surface area contributed by atoms with Crippen LogP contribution >= 0.6 is 24.0 Å². The van der Waals surface area contributed by atoms with E-state index >= 15 is 0 Å². The van der Waals surface area contributed by atoms with Gasteiger partial charge in [-0.3, -0.25) is 4.79 Å². The molecule has 0 heterocycles. The lowest BCUT2D eigenvalue weighted by atomic mass is 10.2. The summed E-state index contributed by atoms with van der Waals surface area (Å²) in [6.07, 6.45) is 0. The summed E-state index contributed by atoms with van der Waals surface area (Å²) >= 11 is 6.70. The molecule has 1 amide bonds. The van der Waals surface area contributed by atoms with Crippen LogP contribution in [0.1, 0.15) is 19.4 Å². The number of carbonyl (C=O) groups is 1. The Kier molecular flexibility index (Phi) is 8.79. The van der Waals surface area contributed by atoms with Crippen molar-refractivity contribution >= 4 is 34.2 Å². The highest BCUT2D eigenvalue weighted by Crippen LogP contribution is 2.27. The molecule has 0 saturated carbocycles. The highest BCUT2D eigenvalue weighted by atomic mass is 32.2. The van der Waals surface area contributed by atoms with Crippen molar-refractivity contribution in [1.82, 2.24) is 10.2 Å². The average Bonchev–Trinajstić information content (AvgIpc) is 2.58. The molecule has 0 bridgehead atoms. The number of thiocarbonyl (C=S) groups is 1. The summed E-state index contributed by atoms with van der Waals surface area (Å²) in [5, 5.41) is 2.88. The number of rotatable bonds is 8. The van der Waals surface area contributed by atoms with Gasteiger partial charge in [0.25, 0.3) is 0 Å². The number of amides is 1. The molecule has 0 fully saturated rings. The summed E-state index contributed by atoms with van der Waals surface area (Å²) in [6, 6.07) is 5.58. The predicted molar refractivity (Wildman–Crippen MR) is 99.4 cm³/mol. The monoisotopic (exact) mass is 356 g/mol. The van der Waals surface area contributed by atoms with Crippen molar-refractivity contribution in [2.45, 2.75) is 20.4 Å². The number of ether oxygens (including phenoxy) is 2. The Balaban J connectivity index is 2.46. The van der Waals surface area contributed by atoms with Gasteiger partial charge in [0.15, 0.2) is 11.5 Å². The summed E-state index contributed by atoms with van der Waals surface area (Å²) in [5.74, 6) is 1.60. The first-order valence-electron chi connectivity index (χ1n) is 7.44. The van der Waals surface area contributed by atoms with Gasteiger partial charge in [0.2, 0.25) is 5.91 Å². The number of nitrogens with one attached hydrogen (secondary N) is 1. The molecule has 7 heteroatoms. The van der Waals surface area contributed by atoms with E-state index in [4.69, 9.17) is 21.7 Å². The van der Waals surface area contributed by atoms with Crippen molar-refractivity contribution in [1.29, 1.82) is 0 Å². The zero-order valence-electron chi connectivity index (χ0n) is 14.0. The zero-order valence-corrected chi connectivity index (χ0v) is 15.7. The van der Waals surface area contributed by atoms with Gasteiger partial charge in [-0.05, 0) is 31.5 Å². The maximum Gasteiger partial charge on any atom is 0.230 e. The van der Waals surface area contributed by atoms with Crippen LogP contribution in [-0.4, -0.2) is 48.2 Å². The van der Waals surface area contributed by atoms with E-state index in [1.807, 2.05) is 32.0 Å². The van der Waals surface area contributed by atoms with Crippen molar-refractivity contribution in [3.05, 3.63) is 23.8 Å². The van der Waals surface area contributed by atoms with E-state index in [0.717, 1.165) is 23.0 Å². The fraction of sp³-hybridized carbons (Fsp3) is 0.500. The van der Waals surface area contributed by atoms with Crippen LogP contribution in [0.5, 0.6) is 11.5 Å². The van der Waals surface area contributed by atoms with Gasteiger partial charge < -0.3 is 19.7 Å². The van der Waals surface area contributed by atoms with Crippen molar-refractivity contribution in [3.8, 4) is 11.5 Å². The molecule has 0 aliphatic rings. The SMILES string of the molecule is CCN(CC)C(=S)SCC(=O)NCc1ccc(OC)c(OC)c1. The Bertz CT molecular complexity index is 534. The summed E-state index contributed by atoms with van der Waals surface area (Å²) in [7, 11) is 3.18. The van der Waals surface area contributed by atoms with Gasteiger partial charge in [0.1, 0.15) is 4.32 Å². The second kappa shape index (κ2) is 10.3. The number of hydrogen-bond donors (Lipinski definition) is 1. The summed E-state index contributed by atoms with van der Waals surface area (Å²) < 4.78 is 11.2. The Morgan fingerprint density at radius 2 is 1.87 bits per heavy atom. The smallest absolute Gasteiger partial charge is 0.230 e. The third kappa shape index (κ3) is 6.27. The molecular weight excluding hydrogens is 332 g/mol. The molecule has 1 aromatic carbocycles. The van der Waals surface area contributed by atoms with Crippen LogP contribution < -0.4 is 14.8 Å². The van der Waals surface area contributed by atoms with Crippen LogP contribution in [0.25, 0.3) is 0 Å². The molecule has 1 rings (SSSR count). The Hall–Kier alpha value is -1.47. The number of benzene rings is 1. The largest absolute Gasteiger partial charge is 0.493 e. The van der Waals surface area contributed by atoms with Gasteiger partial charge >= 0.3 is 0 Å². The maximum absolute atomic E-state index is 11.9. The molecule has 0 radical (unpaired) electrons. The number of carbonyl (C=O) groups excluding carboxylic acids is 1. The van der Waals surface area contributed by atoms with Crippen molar-refractivity contribution < 1.29 is 14.3 Å². The van der Waals surface area contributed by atoms with Gasteiger partial charge in [-0.1, -0.05) is 30.0 Å². The molecule has 0 spiro atoms. The van der Waals surface area contributed by atoms with Gasteiger partial charge in [-0.2, -0.15) is 0 Å². The lowest BCUT2D eigenvalue weighted by molar-refractivity contribution is -0.118. The lowest BCUT2D eigenvalue weighted by Gasteiger charge is -2.20. The number of thioether (sulfide) groups is 1. The topological polar surface area (TPSA) is 50.8 Å². The van der Waals surface area contributed by atoms with Crippen LogP contribution in [0, 0.1) is 0 Å². The van der Waals surface area contributed by atoms with Crippen LogP contribution in [0.4, 0.5) is 0 Å². The first-order chi connectivity index (χ1) is 11.0. The predicted octanol–water partition coefficient (Wildman–Crippen LogP) is 2.68. The van der Waals surface area contributed by atoms with E-state index in [9.17, 15) is 4.79 Å². The molecule has 0 aliphatic heterocycles. The first kappa shape index (κ1) is 19.6. The molecular formula is C16H24N2O3S2. The molecule has 1 aromatic rings. The zero-order chi connectivity index (χ0) is 17.2. The summed E-state index contributed by atoms with van der Waals surface area (Å²) in [6.45, 7) is 6.25. The van der Waals surface area contributed by atoms with Crippen LogP contribution in [0.2, 0.25) is 0 Å². The highest BCUT2D eigenvalue weighted by molar-refractivity contribution is 8.23. The molecule has 128 valence electrons. The van der Waals surface area contributed by atoms with Crippen LogP contribution in [-0.2, 0) is 11.3 Å². The molecule has 0 atom stereocenters. The third-order valence-corrected chi connectivity index (χ3v) is 4.81. The molecule has 1 N–H and O–H groups in total. The Labute approximate surface area is 147 Å². The number of methoxy groups -OCH3 is 2. The number of hydrogen-bond acceptors (Lipinski definition) is 5. The van der Waals surface area contributed by atoms with Crippen molar-refractivity contribution in [3.63, 3.8) is 0 Å². The van der Waals surface area contributed by atoms with E-state index in [1.54, 1.807) is 14.2 Å². The van der Waals surface area contributed by atoms with E-state index in [2.05, 4.69) is 10.2 Å². The van der Waals surface area contributed by atoms with Crippen LogP contribution in [0.15, 0.2) is 18.2 Å². The van der Waals surface area contributed by atoms with E-state index in [0.29, 0.717) is 23.8 Å². The lowest BCUT2D eigenvalue weighted by Crippen LogP contribution is -2.30. The molecule has 0 aromatic heterocycles. The van der Waals surface area contributed by atoms with Gasteiger partial charge in [0.05, 0.1) is 20.0 Å². The Morgan fingerprint density at radius 3 is 2.43 bits per heavy atom.